The maximum Gasteiger partial charge on any atom is 0.200 e. The summed E-state index contributed by atoms with van der Waals surface area (Å²) in [7, 11) is 1.43. The first-order valence-electron chi connectivity index (χ1n) is 3.98. The fraction of sp³-hybridized carbons (Fsp3) is 0.333. The van der Waals surface area contributed by atoms with E-state index in [0.717, 1.165) is 5.56 Å². The number of hydrogen-bond donors (Lipinski definition) is 3. The topological polar surface area (TPSA) is 75.7 Å². The molecule has 0 aliphatic carbocycles. The predicted octanol–water partition coefficient (Wildman–Crippen LogP) is 0.608. The SMILES string of the molecule is COc1cc(CCN)cc(O)c1O. The average Bonchev–Trinajstić information content (AvgIpc) is 2.11. The molecule has 0 radical (unpaired) electrons. The molecule has 0 fully saturated rings. The van der Waals surface area contributed by atoms with Crippen LogP contribution in [0.1, 0.15) is 5.56 Å². The van der Waals surface area contributed by atoms with Gasteiger partial charge in [-0.2, -0.15) is 0 Å². The highest BCUT2D eigenvalue weighted by atomic mass is 16.5. The van der Waals surface area contributed by atoms with Gasteiger partial charge < -0.3 is 20.7 Å². The van der Waals surface area contributed by atoms with Crippen molar-refractivity contribution in [3.05, 3.63) is 17.7 Å². The first-order valence-corrected chi connectivity index (χ1v) is 3.98. The second kappa shape index (κ2) is 4.00. The van der Waals surface area contributed by atoms with Crippen molar-refractivity contribution in [2.24, 2.45) is 5.73 Å². The zero-order valence-corrected chi connectivity index (χ0v) is 7.45. The van der Waals surface area contributed by atoms with E-state index in [1.165, 1.54) is 13.2 Å². The highest BCUT2D eigenvalue weighted by Crippen LogP contribution is 2.36. The Kier molecular flexibility index (Phi) is 2.97. The lowest BCUT2D eigenvalue weighted by atomic mass is 10.1. The third-order valence-electron chi connectivity index (χ3n) is 1.77. The van der Waals surface area contributed by atoms with Crippen LogP contribution in [0, 0.1) is 0 Å². The van der Waals surface area contributed by atoms with Gasteiger partial charge in [-0.3, -0.25) is 0 Å². The molecule has 0 spiro atoms. The van der Waals surface area contributed by atoms with E-state index in [9.17, 15) is 10.2 Å². The number of benzene rings is 1. The van der Waals surface area contributed by atoms with Gasteiger partial charge in [0.15, 0.2) is 11.5 Å². The van der Waals surface area contributed by atoms with Crippen molar-refractivity contribution >= 4 is 0 Å². The van der Waals surface area contributed by atoms with E-state index in [-0.39, 0.29) is 17.2 Å². The van der Waals surface area contributed by atoms with E-state index in [1.807, 2.05) is 0 Å². The molecule has 1 aromatic carbocycles. The van der Waals surface area contributed by atoms with Gasteiger partial charge in [0.1, 0.15) is 0 Å². The molecular formula is C9H13NO3. The number of phenolic OH excluding ortho intramolecular Hbond substituents is 2. The maximum atomic E-state index is 9.28. The number of aromatic hydroxyl groups is 2. The van der Waals surface area contributed by atoms with Crippen LogP contribution >= 0.6 is 0 Å². The van der Waals surface area contributed by atoms with Gasteiger partial charge in [0.2, 0.25) is 5.75 Å². The Morgan fingerprint density at radius 3 is 2.62 bits per heavy atom. The first-order chi connectivity index (χ1) is 6.19. The van der Waals surface area contributed by atoms with Crippen molar-refractivity contribution in [2.45, 2.75) is 6.42 Å². The van der Waals surface area contributed by atoms with Crippen molar-refractivity contribution in [1.82, 2.24) is 0 Å². The van der Waals surface area contributed by atoms with Gasteiger partial charge in [-0.15, -0.1) is 0 Å². The molecule has 72 valence electrons. The van der Waals surface area contributed by atoms with Gasteiger partial charge in [-0.25, -0.2) is 0 Å². The van der Waals surface area contributed by atoms with Gasteiger partial charge in [0.05, 0.1) is 7.11 Å². The quantitative estimate of drug-likeness (QED) is 0.600. The van der Waals surface area contributed by atoms with E-state index < -0.39 is 0 Å². The fourth-order valence-corrected chi connectivity index (χ4v) is 1.12. The largest absolute Gasteiger partial charge is 0.504 e. The van der Waals surface area contributed by atoms with Gasteiger partial charge in [0.25, 0.3) is 0 Å². The molecule has 4 heteroatoms. The second-order valence-corrected chi connectivity index (χ2v) is 2.70. The molecule has 0 amide bonds. The van der Waals surface area contributed by atoms with Crippen molar-refractivity contribution in [3.63, 3.8) is 0 Å². The highest BCUT2D eigenvalue weighted by molar-refractivity contribution is 5.51. The van der Waals surface area contributed by atoms with E-state index >= 15 is 0 Å². The van der Waals surface area contributed by atoms with Gasteiger partial charge >= 0.3 is 0 Å². The van der Waals surface area contributed by atoms with Crippen LogP contribution in [0.15, 0.2) is 12.1 Å². The molecule has 13 heavy (non-hydrogen) atoms. The van der Waals surface area contributed by atoms with Crippen molar-refractivity contribution in [3.8, 4) is 17.2 Å². The van der Waals surface area contributed by atoms with Crippen LogP contribution in [0.25, 0.3) is 0 Å². The lowest BCUT2D eigenvalue weighted by molar-refractivity contribution is 0.350. The van der Waals surface area contributed by atoms with E-state index in [1.54, 1.807) is 6.07 Å². The molecular weight excluding hydrogens is 170 g/mol. The van der Waals surface area contributed by atoms with Crippen LogP contribution < -0.4 is 10.5 Å². The second-order valence-electron chi connectivity index (χ2n) is 2.70. The number of ether oxygens (including phenoxy) is 1. The Morgan fingerprint density at radius 2 is 2.08 bits per heavy atom. The molecule has 1 aromatic rings. The van der Waals surface area contributed by atoms with Gasteiger partial charge in [0, 0.05) is 0 Å². The minimum absolute atomic E-state index is 0.178. The Morgan fingerprint density at radius 1 is 1.38 bits per heavy atom. The van der Waals surface area contributed by atoms with Crippen LogP contribution in [0.4, 0.5) is 0 Å². The molecule has 0 bridgehead atoms. The molecule has 0 heterocycles. The first kappa shape index (κ1) is 9.67. The third kappa shape index (κ3) is 2.03. The van der Waals surface area contributed by atoms with Crippen LogP contribution in [-0.4, -0.2) is 23.9 Å². The minimum Gasteiger partial charge on any atom is -0.504 e. The minimum atomic E-state index is -0.233. The van der Waals surface area contributed by atoms with Crippen LogP contribution in [0.3, 0.4) is 0 Å². The molecule has 4 nitrogen and oxygen atoms in total. The summed E-state index contributed by atoms with van der Waals surface area (Å²) in [4.78, 5) is 0. The summed E-state index contributed by atoms with van der Waals surface area (Å²) in [5.41, 5.74) is 6.20. The molecule has 1 rings (SSSR count). The lowest BCUT2D eigenvalue weighted by Gasteiger charge is -2.07. The van der Waals surface area contributed by atoms with E-state index in [4.69, 9.17) is 10.5 Å². The Labute approximate surface area is 76.6 Å². The number of nitrogens with two attached hydrogens (primary N) is 1. The van der Waals surface area contributed by atoms with Gasteiger partial charge in [-0.05, 0) is 30.7 Å². The summed E-state index contributed by atoms with van der Waals surface area (Å²) in [6, 6.07) is 3.13. The zero-order valence-electron chi connectivity index (χ0n) is 7.45. The smallest absolute Gasteiger partial charge is 0.200 e. The number of phenols is 2. The maximum absolute atomic E-state index is 9.28. The Bertz CT molecular complexity index is 299. The van der Waals surface area contributed by atoms with E-state index in [2.05, 4.69) is 0 Å². The molecule has 0 aromatic heterocycles. The van der Waals surface area contributed by atoms with Crippen molar-refractivity contribution < 1.29 is 14.9 Å². The van der Waals surface area contributed by atoms with Crippen molar-refractivity contribution in [2.75, 3.05) is 13.7 Å². The Hall–Kier alpha value is -1.42. The number of hydrogen-bond acceptors (Lipinski definition) is 4. The summed E-state index contributed by atoms with van der Waals surface area (Å²) >= 11 is 0. The monoisotopic (exact) mass is 183 g/mol. The summed E-state index contributed by atoms with van der Waals surface area (Å²) in [5.74, 6) is -0.144. The van der Waals surface area contributed by atoms with Gasteiger partial charge in [-0.1, -0.05) is 0 Å². The van der Waals surface area contributed by atoms with Crippen molar-refractivity contribution in [1.29, 1.82) is 0 Å². The summed E-state index contributed by atoms with van der Waals surface area (Å²) < 4.78 is 4.86. The van der Waals surface area contributed by atoms with Crippen LogP contribution in [-0.2, 0) is 6.42 Å². The number of rotatable bonds is 3. The molecule has 0 aliphatic rings. The third-order valence-corrected chi connectivity index (χ3v) is 1.77. The molecule has 0 unspecified atom stereocenters. The van der Waals surface area contributed by atoms with Crippen LogP contribution in [0.5, 0.6) is 17.2 Å². The summed E-state index contributed by atoms with van der Waals surface area (Å²) in [5, 5.41) is 18.6. The predicted molar refractivity (Wildman–Crippen MR) is 49.1 cm³/mol. The summed E-state index contributed by atoms with van der Waals surface area (Å²) in [6.07, 6.45) is 0.643. The standard InChI is InChI=1S/C9H13NO3/c1-13-8-5-6(2-3-10)4-7(11)9(8)12/h4-5,11-12H,2-3,10H2,1H3. The molecule has 0 atom stereocenters. The normalized spacial score (nSPS) is 10.0. The molecule has 0 aliphatic heterocycles. The zero-order chi connectivity index (χ0) is 9.84. The molecule has 0 saturated carbocycles. The Balaban J connectivity index is 3.06. The lowest BCUT2D eigenvalue weighted by Crippen LogP contribution is -2.02. The molecule has 0 saturated heterocycles. The fourth-order valence-electron chi connectivity index (χ4n) is 1.12. The molecule has 4 N–H and O–H groups in total. The van der Waals surface area contributed by atoms with E-state index in [0.29, 0.717) is 13.0 Å². The highest BCUT2D eigenvalue weighted by Gasteiger charge is 2.08. The van der Waals surface area contributed by atoms with Crippen LogP contribution in [0.2, 0.25) is 0 Å². The average molecular weight is 183 g/mol. The number of methoxy groups -OCH3 is 1. The summed E-state index contributed by atoms with van der Waals surface area (Å²) in [6.45, 7) is 0.493.